The van der Waals surface area contributed by atoms with Crippen LogP contribution in [0.5, 0.6) is 0 Å². The second-order valence-corrected chi connectivity index (χ2v) is 5.62. The van der Waals surface area contributed by atoms with Crippen molar-refractivity contribution in [3.05, 3.63) is 35.9 Å². The summed E-state index contributed by atoms with van der Waals surface area (Å²) in [7, 11) is -2.17. The van der Waals surface area contributed by atoms with E-state index in [1.165, 1.54) is 11.9 Å². The molecule has 2 unspecified atom stereocenters. The Labute approximate surface area is 105 Å². The number of rotatable bonds is 3. The van der Waals surface area contributed by atoms with E-state index in [2.05, 4.69) is 0 Å². The van der Waals surface area contributed by atoms with Crippen LogP contribution < -0.4 is 0 Å². The van der Waals surface area contributed by atoms with E-state index >= 15 is 0 Å². The minimum atomic E-state index is -3.70. The number of hydrogen-bond donors (Lipinski definition) is 0. The molecule has 7 heteroatoms. The second kappa shape index (κ2) is 4.58. The van der Waals surface area contributed by atoms with Crippen molar-refractivity contribution in [2.24, 2.45) is 0 Å². The highest BCUT2D eigenvalue weighted by Crippen LogP contribution is 2.33. The van der Waals surface area contributed by atoms with E-state index in [9.17, 15) is 13.2 Å². The molecule has 98 valence electrons. The summed E-state index contributed by atoms with van der Waals surface area (Å²) in [5.74, 6) is 0. The van der Waals surface area contributed by atoms with Crippen molar-refractivity contribution in [2.75, 3.05) is 13.3 Å². The first-order valence-electron chi connectivity index (χ1n) is 5.25. The fourth-order valence-electron chi connectivity index (χ4n) is 1.82. The summed E-state index contributed by atoms with van der Waals surface area (Å²) in [4.78, 5) is 12.8. The van der Waals surface area contributed by atoms with Gasteiger partial charge in [-0.1, -0.05) is 30.3 Å². The number of amides is 1. The van der Waals surface area contributed by atoms with E-state index in [0.29, 0.717) is 0 Å². The molecule has 2 rings (SSSR count). The van der Waals surface area contributed by atoms with Gasteiger partial charge in [-0.15, -0.1) is 0 Å². The molecule has 1 amide bonds. The zero-order chi connectivity index (χ0) is 13.3. The summed E-state index contributed by atoms with van der Waals surface area (Å²) in [5.41, 5.74) is 0.750. The van der Waals surface area contributed by atoms with Gasteiger partial charge >= 0.3 is 6.09 Å². The lowest BCUT2D eigenvalue weighted by Gasteiger charge is -2.20. The highest BCUT2D eigenvalue weighted by atomic mass is 32.2. The predicted molar refractivity (Wildman–Crippen MR) is 63.1 cm³/mol. The monoisotopic (exact) mass is 271 g/mol. The van der Waals surface area contributed by atoms with Crippen LogP contribution in [0, 0.1) is 0 Å². The molecule has 0 radical (unpaired) electrons. The van der Waals surface area contributed by atoms with E-state index in [1.54, 1.807) is 24.3 Å². The summed E-state index contributed by atoms with van der Waals surface area (Å²) in [6.07, 6.45) is -0.848. The van der Waals surface area contributed by atoms with Gasteiger partial charge in [-0.2, -0.15) is 8.42 Å². The molecule has 18 heavy (non-hydrogen) atoms. The molecule has 0 aromatic heterocycles. The molecule has 6 nitrogen and oxygen atoms in total. The number of benzene rings is 1. The number of cyclic esters (lactones) is 1. The molecule has 2 atom stereocenters. The van der Waals surface area contributed by atoms with Crippen LogP contribution in [-0.4, -0.2) is 39.0 Å². The van der Waals surface area contributed by atoms with Gasteiger partial charge in [-0.05, 0) is 5.56 Å². The fraction of sp³-hybridized carbons (Fsp3) is 0.364. The topological polar surface area (TPSA) is 72.9 Å². The number of carbonyl (C=O) groups is 1. The first-order chi connectivity index (χ1) is 8.38. The van der Waals surface area contributed by atoms with Gasteiger partial charge in [0, 0.05) is 7.05 Å². The third kappa shape index (κ3) is 2.62. The summed E-state index contributed by atoms with van der Waals surface area (Å²) >= 11 is 0. The molecule has 0 bridgehead atoms. The van der Waals surface area contributed by atoms with E-state index in [0.717, 1.165) is 11.8 Å². The zero-order valence-electron chi connectivity index (χ0n) is 9.94. The Bertz CT molecular complexity index is 542. The summed E-state index contributed by atoms with van der Waals surface area (Å²) in [6, 6.07) is 8.40. The van der Waals surface area contributed by atoms with E-state index in [4.69, 9.17) is 8.92 Å². The Morgan fingerprint density at radius 1 is 1.28 bits per heavy atom. The summed E-state index contributed by atoms with van der Waals surface area (Å²) < 4.78 is 32.0. The number of carbonyl (C=O) groups excluding carboxylic acids is 1. The van der Waals surface area contributed by atoms with Gasteiger partial charge in [0.05, 0.1) is 6.26 Å². The van der Waals surface area contributed by atoms with Crippen LogP contribution in [0.2, 0.25) is 0 Å². The average Bonchev–Trinajstić information content (AvgIpc) is 2.53. The molecule has 1 aromatic rings. The van der Waals surface area contributed by atoms with Crippen LogP contribution in [0.1, 0.15) is 11.6 Å². The van der Waals surface area contributed by atoms with Gasteiger partial charge in [0.1, 0.15) is 6.04 Å². The number of ether oxygens (including phenoxy) is 1. The Hall–Kier alpha value is -1.60. The molecule has 0 saturated carbocycles. The van der Waals surface area contributed by atoms with Crippen molar-refractivity contribution in [3.8, 4) is 0 Å². The van der Waals surface area contributed by atoms with Crippen molar-refractivity contribution in [3.63, 3.8) is 0 Å². The Morgan fingerprint density at radius 2 is 1.89 bits per heavy atom. The standard InChI is InChI=1S/C11H13NO5S/c1-12-9(8-6-4-3-5-7-8)10(16-11(12)13)17-18(2,14)15/h3-7,9-10H,1-2H3. The van der Waals surface area contributed by atoms with Crippen LogP contribution in [0.15, 0.2) is 30.3 Å². The lowest BCUT2D eigenvalue weighted by atomic mass is 10.1. The molecule has 1 heterocycles. The molecule has 1 aliphatic rings. The summed E-state index contributed by atoms with van der Waals surface area (Å²) in [5, 5.41) is 0. The van der Waals surface area contributed by atoms with Crippen molar-refractivity contribution in [1.29, 1.82) is 0 Å². The van der Waals surface area contributed by atoms with Gasteiger partial charge in [0.25, 0.3) is 10.1 Å². The molecular formula is C11H13NO5S. The largest absolute Gasteiger partial charge is 0.416 e. The van der Waals surface area contributed by atoms with E-state index < -0.39 is 28.5 Å². The van der Waals surface area contributed by atoms with Crippen LogP contribution in [0.25, 0.3) is 0 Å². The maximum atomic E-state index is 11.5. The molecule has 1 saturated heterocycles. The molecular weight excluding hydrogens is 258 g/mol. The van der Waals surface area contributed by atoms with Crippen molar-refractivity contribution in [2.45, 2.75) is 12.3 Å². The highest BCUT2D eigenvalue weighted by Gasteiger charge is 2.43. The van der Waals surface area contributed by atoms with Crippen molar-refractivity contribution >= 4 is 16.2 Å². The van der Waals surface area contributed by atoms with Crippen LogP contribution >= 0.6 is 0 Å². The lowest BCUT2D eigenvalue weighted by molar-refractivity contribution is -0.0113. The third-order valence-electron chi connectivity index (χ3n) is 2.59. The number of hydrogen-bond acceptors (Lipinski definition) is 5. The lowest BCUT2D eigenvalue weighted by Crippen LogP contribution is -2.28. The third-order valence-corrected chi connectivity index (χ3v) is 3.13. The predicted octanol–water partition coefficient (Wildman–Crippen LogP) is 1.11. The first-order valence-corrected chi connectivity index (χ1v) is 7.07. The minimum Gasteiger partial charge on any atom is -0.416 e. The van der Waals surface area contributed by atoms with Gasteiger partial charge < -0.3 is 4.74 Å². The van der Waals surface area contributed by atoms with Gasteiger partial charge in [0.15, 0.2) is 0 Å². The number of nitrogens with zero attached hydrogens (tertiary/aromatic N) is 1. The minimum absolute atomic E-state index is 0.576. The average molecular weight is 271 g/mol. The quantitative estimate of drug-likeness (QED) is 0.770. The first kappa shape index (κ1) is 12.8. The SMILES string of the molecule is CN1C(=O)OC(OS(C)(=O)=O)C1c1ccccc1. The Morgan fingerprint density at radius 3 is 2.44 bits per heavy atom. The van der Waals surface area contributed by atoms with Crippen molar-refractivity contribution < 1.29 is 22.1 Å². The molecule has 0 N–H and O–H groups in total. The maximum absolute atomic E-state index is 11.5. The second-order valence-electron chi connectivity index (χ2n) is 4.02. The highest BCUT2D eigenvalue weighted by molar-refractivity contribution is 7.86. The van der Waals surface area contributed by atoms with Gasteiger partial charge in [-0.3, -0.25) is 4.90 Å². The van der Waals surface area contributed by atoms with E-state index in [1.807, 2.05) is 6.07 Å². The smallest absolute Gasteiger partial charge is 0.412 e. The van der Waals surface area contributed by atoms with E-state index in [-0.39, 0.29) is 0 Å². The normalized spacial score (nSPS) is 24.1. The van der Waals surface area contributed by atoms with Crippen LogP contribution in [0.4, 0.5) is 4.79 Å². The molecule has 0 aliphatic carbocycles. The van der Waals surface area contributed by atoms with Crippen molar-refractivity contribution in [1.82, 2.24) is 4.90 Å². The summed E-state index contributed by atoms with van der Waals surface area (Å²) in [6.45, 7) is 0. The number of likely N-dealkylation sites (N-methyl/N-ethyl adjacent to an activating group) is 1. The zero-order valence-corrected chi connectivity index (χ0v) is 10.8. The molecule has 0 spiro atoms. The molecule has 1 fully saturated rings. The van der Waals surface area contributed by atoms with Crippen LogP contribution in [-0.2, 0) is 19.0 Å². The maximum Gasteiger partial charge on any atom is 0.412 e. The van der Waals surface area contributed by atoms with Gasteiger partial charge in [0.2, 0.25) is 6.29 Å². The Balaban J connectivity index is 2.32. The fourth-order valence-corrected chi connectivity index (χ4v) is 2.31. The molecule has 1 aliphatic heterocycles. The van der Waals surface area contributed by atoms with Gasteiger partial charge in [-0.25, -0.2) is 8.98 Å². The Kier molecular flexibility index (Phi) is 3.27. The van der Waals surface area contributed by atoms with Crippen LogP contribution in [0.3, 0.4) is 0 Å². The molecule has 1 aromatic carbocycles.